The van der Waals surface area contributed by atoms with Crippen LogP contribution in [0.4, 0.5) is 0 Å². The van der Waals surface area contributed by atoms with E-state index in [1.165, 1.54) is 37.7 Å². The van der Waals surface area contributed by atoms with Crippen molar-refractivity contribution in [2.75, 3.05) is 6.61 Å². The lowest BCUT2D eigenvalue weighted by atomic mass is 9.93. The highest BCUT2D eigenvalue weighted by molar-refractivity contribution is 5.54. The fourth-order valence-corrected chi connectivity index (χ4v) is 2.21. The lowest BCUT2D eigenvalue weighted by Gasteiger charge is -2.13. The normalized spacial score (nSPS) is 15.9. The van der Waals surface area contributed by atoms with E-state index < -0.39 is 0 Å². The van der Waals surface area contributed by atoms with E-state index in [1.54, 1.807) is 5.57 Å². The first-order valence-corrected chi connectivity index (χ1v) is 6.31. The molecule has 2 rings (SSSR count). The Labute approximate surface area is 98.1 Å². The first-order chi connectivity index (χ1) is 7.88. The smallest absolute Gasteiger partial charge is 0.119 e. The van der Waals surface area contributed by atoms with E-state index >= 15 is 0 Å². The maximum atomic E-state index is 5.43. The van der Waals surface area contributed by atoms with E-state index in [0.717, 1.165) is 12.4 Å². The Morgan fingerprint density at radius 2 is 1.75 bits per heavy atom. The van der Waals surface area contributed by atoms with Gasteiger partial charge in [-0.1, -0.05) is 30.2 Å². The van der Waals surface area contributed by atoms with Gasteiger partial charge in [-0.15, -0.1) is 0 Å². The van der Waals surface area contributed by atoms with Gasteiger partial charge in [0.25, 0.3) is 0 Å². The molecule has 0 heterocycles. The number of allylic oxidation sites excluding steroid dienone is 1. The summed E-state index contributed by atoms with van der Waals surface area (Å²) in [6, 6.07) is 8.40. The van der Waals surface area contributed by atoms with Crippen molar-refractivity contribution in [3.8, 4) is 5.75 Å². The Morgan fingerprint density at radius 1 is 1.06 bits per heavy atom. The molecule has 1 aliphatic carbocycles. The molecule has 0 saturated heterocycles. The topological polar surface area (TPSA) is 9.23 Å². The van der Waals surface area contributed by atoms with Gasteiger partial charge in [-0.3, -0.25) is 0 Å². The van der Waals surface area contributed by atoms with Gasteiger partial charge in [-0.05, 0) is 50.3 Å². The zero-order chi connectivity index (χ0) is 11.2. The lowest BCUT2D eigenvalue weighted by Crippen LogP contribution is -1.93. The molecule has 86 valence electrons. The van der Waals surface area contributed by atoms with Crippen LogP contribution < -0.4 is 4.74 Å². The number of ether oxygens (including phenoxy) is 1. The van der Waals surface area contributed by atoms with Crippen LogP contribution in [-0.4, -0.2) is 6.61 Å². The predicted molar refractivity (Wildman–Crippen MR) is 68.7 cm³/mol. The molecule has 0 aromatic heterocycles. The molecule has 0 radical (unpaired) electrons. The SMILES string of the molecule is CCOc1ccc(C=C2CCCCC2)cc1. The summed E-state index contributed by atoms with van der Waals surface area (Å²) in [5, 5.41) is 0. The van der Waals surface area contributed by atoms with E-state index in [2.05, 4.69) is 30.3 Å². The molecule has 0 spiro atoms. The third-order valence-electron chi connectivity index (χ3n) is 3.06. The largest absolute Gasteiger partial charge is 0.494 e. The number of hydrogen-bond acceptors (Lipinski definition) is 1. The summed E-state index contributed by atoms with van der Waals surface area (Å²) < 4.78 is 5.43. The van der Waals surface area contributed by atoms with Gasteiger partial charge < -0.3 is 4.74 Å². The summed E-state index contributed by atoms with van der Waals surface area (Å²) in [6.07, 6.45) is 9.04. The molecule has 0 atom stereocenters. The van der Waals surface area contributed by atoms with Crippen molar-refractivity contribution >= 4 is 6.08 Å². The van der Waals surface area contributed by atoms with E-state index in [-0.39, 0.29) is 0 Å². The van der Waals surface area contributed by atoms with Crippen LogP contribution in [0, 0.1) is 0 Å². The molecular formula is C15H20O. The highest BCUT2D eigenvalue weighted by Crippen LogP contribution is 2.25. The molecule has 0 amide bonds. The summed E-state index contributed by atoms with van der Waals surface area (Å²) >= 11 is 0. The van der Waals surface area contributed by atoms with Crippen LogP contribution in [0.1, 0.15) is 44.6 Å². The molecule has 1 nitrogen and oxygen atoms in total. The molecule has 1 aromatic rings. The predicted octanol–water partition coefficient (Wildman–Crippen LogP) is 4.43. The zero-order valence-corrected chi connectivity index (χ0v) is 10.0. The molecule has 1 heteroatoms. The minimum atomic E-state index is 0.737. The van der Waals surface area contributed by atoms with E-state index in [1.807, 2.05) is 6.92 Å². The average Bonchev–Trinajstić information content (AvgIpc) is 2.33. The van der Waals surface area contributed by atoms with Crippen molar-refractivity contribution in [1.29, 1.82) is 0 Å². The van der Waals surface area contributed by atoms with Crippen LogP contribution in [0.25, 0.3) is 6.08 Å². The molecule has 0 N–H and O–H groups in total. The van der Waals surface area contributed by atoms with Crippen molar-refractivity contribution in [2.24, 2.45) is 0 Å². The summed E-state index contributed by atoms with van der Waals surface area (Å²) in [6.45, 7) is 2.75. The molecule has 0 bridgehead atoms. The van der Waals surface area contributed by atoms with Gasteiger partial charge in [-0.25, -0.2) is 0 Å². The lowest BCUT2D eigenvalue weighted by molar-refractivity contribution is 0.340. The third-order valence-corrected chi connectivity index (χ3v) is 3.06. The fourth-order valence-electron chi connectivity index (χ4n) is 2.21. The number of hydrogen-bond donors (Lipinski definition) is 0. The highest BCUT2D eigenvalue weighted by atomic mass is 16.5. The second-order valence-corrected chi connectivity index (χ2v) is 4.37. The van der Waals surface area contributed by atoms with Gasteiger partial charge >= 0.3 is 0 Å². The molecule has 0 unspecified atom stereocenters. The molecule has 1 saturated carbocycles. The quantitative estimate of drug-likeness (QED) is 0.726. The first kappa shape index (κ1) is 11.3. The van der Waals surface area contributed by atoms with Gasteiger partial charge in [-0.2, -0.15) is 0 Å². The molecule has 1 fully saturated rings. The van der Waals surface area contributed by atoms with Crippen molar-refractivity contribution in [3.63, 3.8) is 0 Å². The second kappa shape index (κ2) is 5.74. The average molecular weight is 216 g/mol. The summed E-state index contributed by atoms with van der Waals surface area (Å²) in [7, 11) is 0. The Morgan fingerprint density at radius 3 is 2.38 bits per heavy atom. The summed E-state index contributed by atoms with van der Waals surface area (Å²) in [4.78, 5) is 0. The molecule has 1 aromatic carbocycles. The molecule has 16 heavy (non-hydrogen) atoms. The van der Waals surface area contributed by atoms with Crippen molar-refractivity contribution in [3.05, 3.63) is 35.4 Å². The molecular weight excluding hydrogens is 196 g/mol. The maximum Gasteiger partial charge on any atom is 0.119 e. The van der Waals surface area contributed by atoms with Crippen LogP contribution in [0.3, 0.4) is 0 Å². The number of benzene rings is 1. The Kier molecular flexibility index (Phi) is 4.03. The highest BCUT2D eigenvalue weighted by Gasteiger charge is 2.04. The Balaban J connectivity index is 2.03. The second-order valence-electron chi connectivity index (χ2n) is 4.37. The summed E-state index contributed by atoms with van der Waals surface area (Å²) in [5.41, 5.74) is 2.91. The van der Waals surface area contributed by atoms with Gasteiger partial charge in [0.15, 0.2) is 0 Å². The van der Waals surface area contributed by atoms with Gasteiger partial charge in [0.1, 0.15) is 5.75 Å². The molecule has 0 aliphatic heterocycles. The first-order valence-electron chi connectivity index (χ1n) is 6.31. The van der Waals surface area contributed by atoms with Gasteiger partial charge in [0.2, 0.25) is 0 Å². The monoisotopic (exact) mass is 216 g/mol. The fraction of sp³-hybridized carbons (Fsp3) is 0.467. The van der Waals surface area contributed by atoms with Crippen LogP contribution in [0.2, 0.25) is 0 Å². The maximum absolute atomic E-state index is 5.43. The zero-order valence-electron chi connectivity index (χ0n) is 10.0. The van der Waals surface area contributed by atoms with E-state index in [4.69, 9.17) is 4.74 Å². The standard InChI is InChI=1S/C15H20O/c1-2-16-15-10-8-14(9-11-15)12-13-6-4-3-5-7-13/h8-12H,2-7H2,1H3. The summed E-state index contributed by atoms with van der Waals surface area (Å²) in [5.74, 6) is 0.966. The van der Waals surface area contributed by atoms with Crippen molar-refractivity contribution in [2.45, 2.75) is 39.0 Å². The minimum Gasteiger partial charge on any atom is -0.494 e. The van der Waals surface area contributed by atoms with Crippen molar-refractivity contribution < 1.29 is 4.74 Å². The van der Waals surface area contributed by atoms with Crippen LogP contribution in [-0.2, 0) is 0 Å². The van der Waals surface area contributed by atoms with Gasteiger partial charge in [0, 0.05) is 0 Å². The minimum absolute atomic E-state index is 0.737. The Hall–Kier alpha value is -1.24. The van der Waals surface area contributed by atoms with E-state index in [9.17, 15) is 0 Å². The van der Waals surface area contributed by atoms with Crippen LogP contribution in [0.5, 0.6) is 5.75 Å². The van der Waals surface area contributed by atoms with Crippen molar-refractivity contribution in [1.82, 2.24) is 0 Å². The number of rotatable bonds is 3. The Bertz CT molecular complexity index is 340. The van der Waals surface area contributed by atoms with Crippen LogP contribution in [0.15, 0.2) is 29.8 Å². The van der Waals surface area contributed by atoms with Crippen LogP contribution >= 0.6 is 0 Å². The van der Waals surface area contributed by atoms with E-state index in [0.29, 0.717) is 0 Å². The molecule has 1 aliphatic rings. The van der Waals surface area contributed by atoms with Gasteiger partial charge in [0.05, 0.1) is 6.61 Å². The third kappa shape index (κ3) is 3.13.